The average molecular weight is 334 g/mol. The predicted molar refractivity (Wildman–Crippen MR) is 89.4 cm³/mol. The molecule has 0 aliphatic carbocycles. The average Bonchev–Trinajstić information content (AvgIpc) is 2.53. The van der Waals surface area contributed by atoms with Crippen LogP contribution in [0.25, 0.3) is 11.1 Å². The molecule has 1 amide bonds. The van der Waals surface area contributed by atoms with Crippen molar-refractivity contribution in [3.8, 4) is 11.1 Å². The van der Waals surface area contributed by atoms with Crippen LogP contribution in [0.1, 0.15) is 10.4 Å². The molecule has 0 aliphatic heterocycles. The Morgan fingerprint density at radius 2 is 1.48 bits per heavy atom. The number of hydrogen-bond donors (Lipinski definition) is 1. The number of carbonyl (C=O) groups is 1. The molecule has 2 rings (SSSR count). The number of hydroxylamine groups is 2. The lowest BCUT2D eigenvalue weighted by Gasteiger charge is -2.13. The number of amides is 1. The summed E-state index contributed by atoms with van der Waals surface area (Å²) in [4.78, 5) is 16.8. The summed E-state index contributed by atoms with van der Waals surface area (Å²) in [6.45, 7) is 0. The van der Waals surface area contributed by atoms with Gasteiger partial charge in [-0.15, -0.1) is 0 Å². The summed E-state index contributed by atoms with van der Waals surface area (Å²) in [7, 11) is -0.310. The second-order valence-electron chi connectivity index (χ2n) is 5.01. The van der Waals surface area contributed by atoms with Crippen LogP contribution in [-0.4, -0.2) is 39.8 Å². The zero-order valence-corrected chi connectivity index (χ0v) is 13.9. The van der Waals surface area contributed by atoms with Crippen molar-refractivity contribution in [2.24, 2.45) is 0 Å². The van der Waals surface area contributed by atoms with Crippen molar-refractivity contribution < 1.29 is 18.0 Å². The minimum Gasteiger partial charge on any atom is -0.284 e. The van der Waals surface area contributed by atoms with E-state index < -0.39 is 10.0 Å². The molecule has 0 heterocycles. The Labute approximate surface area is 135 Å². The zero-order valence-electron chi connectivity index (χ0n) is 13.1. The largest absolute Gasteiger partial charge is 0.284 e. The zero-order chi connectivity index (χ0) is 17.0. The van der Waals surface area contributed by atoms with Crippen LogP contribution in [0.3, 0.4) is 0 Å². The second-order valence-corrected chi connectivity index (χ2v) is 6.76. The third-order valence-corrected chi connectivity index (χ3v) is 3.82. The third kappa shape index (κ3) is 4.54. The maximum absolute atomic E-state index is 11.9. The molecule has 0 saturated carbocycles. The van der Waals surface area contributed by atoms with Crippen LogP contribution in [0.15, 0.2) is 48.5 Å². The third-order valence-electron chi connectivity index (χ3n) is 3.21. The summed E-state index contributed by atoms with van der Waals surface area (Å²) >= 11 is 0. The van der Waals surface area contributed by atoms with Gasteiger partial charge in [0.15, 0.2) is 0 Å². The summed E-state index contributed by atoms with van der Waals surface area (Å²) in [6.07, 6.45) is 1.10. The van der Waals surface area contributed by atoms with Crippen LogP contribution in [-0.2, 0) is 14.9 Å². The molecule has 6 nitrogen and oxygen atoms in total. The lowest BCUT2D eigenvalue weighted by molar-refractivity contribution is -0.0756. The van der Waals surface area contributed by atoms with Crippen molar-refractivity contribution in [3.63, 3.8) is 0 Å². The van der Waals surface area contributed by atoms with Crippen molar-refractivity contribution in [3.05, 3.63) is 54.1 Å². The lowest BCUT2D eigenvalue weighted by Crippen LogP contribution is -2.25. The quantitative estimate of drug-likeness (QED) is 0.852. The van der Waals surface area contributed by atoms with E-state index in [1.54, 1.807) is 31.3 Å². The van der Waals surface area contributed by atoms with Gasteiger partial charge in [-0.05, 0) is 35.4 Å². The summed E-state index contributed by atoms with van der Waals surface area (Å²) < 4.78 is 24.8. The molecule has 0 bridgehead atoms. The minimum atomic E-state index is -3.28. The first-order valence-corrected chi connectivity index (χ1v) is 8.70. The highest BCUT2D eigenvalue weighted by atomic mass is 32.2. The van der Waals surface area contributed by atoms with E-state index >= 15 is 0 Å². The topological polar surface area (TPSA) is 75.7 Å². The van der Waals surface area contributed by atoms with E-state index in [1.165, 1.54) is 7.11 Å². The molecule has 0 atom stereocenters. The Bertz CT molecular complexity index is 784. The highest BCUT2D eigenvalue weighted by Crippen LogP contribution is 2.22. The first-order valence-electron chi connectivity index (χ1n) is 6.80. The van der Waals surface area contributed by atoms with Crippen molar-refractivity contribution >= 4 is 21.6 Å². The molecule has 0 radical (unpaired) electrons. The maximum atomic E-state index is 11.9. The summed E-state index contributed by atoms with van der Waals surface area (Å²) in [5.74, 6) is -0.230. The highest BCUT2D eigenvalue weighted by molar-refractivity contribution is 7.92. The molecule has 7 heteroatoms. The monoisotopic (exact) mass is 334 g/mol. The summed E-state index contributed by atoms with van der Waals surface area (Å²) in [5, 5.41) is 1.15. The molecule has 0 saturated heterocycles. The summed E-state index contributed by atoms with van der Waals surface area (Å²) in [6, 6.07) is 14.1. The number of carbonyl (C=O) groups excluding carboxylic acids is 1. The van der Waals surface area contributed by atoms with Crippen LogP contribution in [0.2, 0.25) is 0 Å². The van der Waals surface area contributed by atoms with Gasteiger partial charge >= 0.3 is 0 Å². The van der Waals surface area contributed by atoms with Crippen molar-refractivity contribution in [2.45, 2.75) is 0 Å². The van der Waals surface area contributed by atoms with Crippen molar-refractivity contribution in [1.29, 1.82) is 0 Å². The molecule has 2 aromatic carbocycles. The number of nitrogens with one attached hydrogen (secondary N) is 1. The Kier molecular flexibility index (Phi) is 5.02. The molecule has 0 fully saturated rings. The van der Waals surface area contributed by atoms with Gasteiger partial charge in [-0.1, -0.05) is 24.3 Å². The Morgan fingerprint density at radius 3 is 1.91 bits per heavy atom. The van der Waals surface area contributed by atoms with Gasteiger partial charge in [-0.2, -0.15) is 0 Å². The fourth-order valence-electron chi connectivity index (χ4n) is 2.01. The molecular weight excluding hydrogens is 316 g/mol. The molecule has 0 aliphatic rings. The number of anilines is 1. The summed E-state index contributed by atoms with van der Waals surface area (Å²) in [5.41, 5.74) is 2.87. The lowest BCUT2D eigenvalue weighted by atomic mass is 10.0. The Balaban J connectivity index is 2.18. The Hall–Kier alpha value is -2.38. The Morgan fingerprint density at radius 1 is 1.00 bits per heavy atom. The van der Waals surface area contributed by atoms with E-state index in [9.17, 15) is 13.2 Å². The molecule has 2 aromatic rings. The van der Waals surface area contributed by atoms with Gasteiger partial charge in [0.25, 0.3) is 5.91 Å². The van der Waals surface area contributed by atoms with Crippen molar-refractivity contribution in [1.82, 2.24) is 5.06 Å². The SMILES string of the molecule is CON(C)C(=O)c1ccc(-c2ccc(NS(C)(=O)=O)cc2)cc1. The molecule has 23 heavy (non-hydrogen) atoms. The molecule has 0 spiro atoms. The van der Waals surface area contributed by atoms with Gasteiger partial charge in [-0.3, -0.25) is 14.4 Å². The number of benzene rings is 2. The predicted octanol–water partition coefficient (Wildman–Crippen LogP) is 2.36. The van der Waals surface area contributed by atoms with Crippen LogP contribution in [0.5, 0.6) is 0 Å². The number of nitrogens with zero attached hydrogens (tertiary/aromatic N) is 1. The van der Waals surface area contributed by atoms with Gasteiger partial charge < -0.3 is 0 Å². The van der Waals surface area contributed by atoms with Crippen LogP contribution in [0, 0.1) is 0 Å². The fourth-order valence-corrected chi connectivity index (χ4v) is 2.58. The van der Waals surface area contributed by atoms with Gasteiger partial charge in [0.2, 0.25) is 10.0 Å². The van der Waals surface area contributed by atoms with E-state index in [0.717, 1.165) is 22.4 Å². The fraction of sp³-hybridized carbons (Fsp3) is 0.188. The van der Waals surface area contributed by atoms with Crippen LogP contribution < -0.4 is 4.72 Å². The van der Waals surface area contributed by atoms with Gasteiger partial charge in [0, 0.05) is 18.3 Å². The number of rotatable bonds is 5. The normalized spacial score (nSPS) is 11.1. The first kappa shape index (κ1) is 17.0. The van der Waals surface area contributed by atoms with Gasteiger partial charge in [0.05, 0.1) is 13.4 Å². The van der Waals surface area contributed by atoms with Gasteiger partial charge in [-0.25, -0.2) is 13.5 Å². The van der Waals surface area contributed by atoms with E-state index in [0.29, 0.717) is 11.3 Å². The van der Waals surface area contributed by atoms with Crippen molar-refractivity contribution in [2.75, 3.05) is 25.1 Å². The van der Waals surface area contributed by atoms with E-state index in [-0.39, 0.29) is 5.91 Å². The molecule has 0 aromatic heterocycles. The molecule has 0 unspecified atom stereocenters. The number of hydrogen-bond acceptors (Lipinski definition) is 4. The molecule has 1 N–H and O–H groups in total. The minimum absolute atomic E-state index is 0.230. The second kappa shape index (κ2) is 6.80. The van der Waals surface area contributed by atoms with E-state index in [4.69, 9.17) is 4.84 Å². The standard InChI is InChI=1S/C16H18N2O4S/c1-18(22-2)16(19)14-6-4-12(5-7-14)13-8-10-15(11-9-13)17-23(3,20)21/h4-11,17H,1-3H3. The van der Waals surface area contributed by atoms with E-state index in [1.807, 2.05) is 24.3 Å². The van der Waals surface area contributed by atoms with Gasteiger partial charge in [0.1, 0.15) is 0 Å². The molecule has 122 valence electrons. The molecular formula is C16H18N2O4S. The maximum Gasteiger partial charge on any atom is 0.277 e. The smallest absolute Gasteiger partial charge is 0.277 e. The first-order chi connectivity index (χ1) is 10.8. The van der Waals surface area contributed by atoms with Crippen LogP contribution in [0.4, 0.5) is 5.69 Å². The van der Waals surface area contributed by atoms with Crippen LogP contribution >= 0.6 is 0 Å². The number of sulfonamides is 1. The van der Waals surface area contributed by atoms with E-state index in [2.05, 4.69) is 4.72 Å². The highest BCUT2D eigenvalue weighted by Gasteiger charge is 2.11.